The van der Waals surface area contributed by atoms with Crippen LogP contribution in [0.5, 0.6) is 0 Å². The van der Waals surface area contributed by atoms with Crippen molar-refractivity contribution in [2.24, 2.45) is 0 Å². The van der Waals surface area contributed by atoms with E-state index in [9.17, 15) is 0 Å². The van der Waals surface area contributed by atoms with Gasteiger partial charge in [-0.3, -0.25) is 0 Å². The maximum absolute atomic E-state index is 5.90. The maximum atomic E-state index is 5.90. The molecular weight excluding hydrogens is 336 g/mol. The molecule has 0 radical (unpaired) electrons. The summed E-state index contributed by atoms with van der Waals surface area (Å²) in [5.41, 5.74) is 0. The third-order valence-electron chi connectivity index (χ3n) is 4.35. The second-order valence-electron chi connectivity index (χ2n) is 6.64. The summed E-state index contributed by atoms with van der Waals surface area (Å²) in [5.74, 6) is 2.52. The maximum Gasteiger partial charge on any atom is 0.229 e. The molecule has 3 aromatic rings. The summed E-state index contributed by atoms with van der Waals surface area (Å²) in [4.78, 5) is 11.4. The van der Waals surface area contributed by atoms with Gasteiger partial charge >= 0.3 is 0 Å². The Kier molecular flexibility index (Phi) is 4.67. The molecule has 4 rings (SSSR count). The third-order valence-corrected chi connectivity index (χ3v) is 5.52. The van der Waals surface area contributed by atoms with Gasteiger partial charge in [0.25, 0.3) is 0 Å². The molecule has 132 valence electrons. The zero-order valence-electron chi connectivity index (χ0n) is 14.5. The summed E-state index contributed by atoms with van der Waals surface area (Å²) < 4.78 is 13.3. The van der Waals surface area contributed by atoms with Gasteiger partial charge in [-0.2, -0.15) is 4.98 Å². The van der Waals surface area contributed by atoms with Gasteiger partial charge in [-0.15, -0.1) is 11.3 Å². The molecule has 0 N–H and O–H groups in total. The summed E-state index contributed by atoms with van der Waals surface area (Å²) in [6, 6.07) is 4.30. The van der Waals surface area contributed by atoms with Crippen molar-refractivity contribution in [3.8, 4) is 10.7 Å². The van der Waals surface area contributed by atoms with Gasteiger partial charge in [0.05, 0.1) is 17.5 Å². The fourth-order valence-corrected chi connectivity index (χ4v) is 4.10. The van der Waals surface area contributed by atoms with Crippen molar-refractivity contribution in [3.05, 3.63) is 41.1 Å². The Morgan fingerprint density at radius 3 is 3.00 bits per heavy atom. The van der Waals surface area contributed by atoms with Crippen molar-refractivity contribution in [2.45, 2.75) is 51.7 Å². The van der Waals surface area contributed by atoms with Gasteiger partial charge in [-0.1, -0.05) is 19.0 Å². The number of imidazole rings is 1. The molecule has 6 nitrogen and oxygen atoms in total. The second kappa shape index (κ2) is 7.09. The Morgan fingerprint density at radius 1 is 1.32 bits per heavy atom. The van der Waals surface area contributed by atoms with E-state index in [1.807, 2.05) is 26.2 Å². The van der Waals surface area contributed by atoms with E-state index in [1.54, 1.807) is 11.3 Å². The number of nitrogens with zero attached hydrogens (tertiary/aromatic N) is 4. The van der Waals surface area contributed by atoms with Crippen LogP contribution in [0.25, 0.3) is 10.7 Å². The Balaban J connectivity index is 1.53. The number of hydrogen-bond donors (Lipinski definition) is 0. The van der Waals surface area contributed by atoms with Crippen molar-refractivity contribution in [3.63, 3.8) is 0 Å². The quantitative estimate of drug-likeness (QED) is 0.676. The van der Waals surface area contributed by atoms with Crippen LogP contribution in [0.4, 0.5) is 0 Å². The Bertz CT molecular complexity index is 830. The molecule has 4 heterocycles. The molecule has 0 bridgehead atoms. The summed E-state index contributed by atoms with van der Waals surface area (Å²) in [5, 5.41) is 4.07. The number of rotatable bonds is 5. The monoisotopic (exact) mass is 358 g/mol. The summed E-state index contributed by atoms with van der Waals surface area (Å²) in [6.45, 7) is 5.50. The fourth-order valence-electron chi connectivity index (χ4n) is 2.99. The average Bonchev–Trinajstić information content (AvgIpc) is 3.36. The normalized spacial score (nSPS) is 18.1. The van der Waals surface area contributed by atoms with E-state index in [0.29, 0.717) is 18.3 Å². The molecule has 0 aromatic carbocycles. The van der Waals surface area contributed by atoms with Crippen LogP contribution in [-0.4, -0.2) is 26.3 Å². The molecule has 0 saturated carbocycles. The zero-order chi connectivity index (χ0) is 17.2. The lowest BCUT2D eigenvalue weighted by Gasteiger charge is -2.21. The summed E-state index contributed by atoms with van der Waals surface area (Å²) >= 11 is 1.76. The lowest BCUT2D eigenvalue weighted by Crippen LogP contribution is -2.09. The molecule has 3 aromatic heterocycles. The Hall–Kier alpha value is -1.99. The second-order valence-corrected chi connectivity index (χ2v) is 7.75. The largest absolute Gasteiger partial charge is 0.373 e. The summed E-state index contributed by atoms with van der Waals surface area (Å²) in [7, 11) is 0. The number of aromatic nitrogens is 4. The highest BCUT2D eigenvalue weighted by Crippen LogP contribution is 2.36. The van der Waals surface area contributed by atoms with Gasteiger partial charge in [0.2, 0.25) is 5.89 Å². The highest BCUT2D eigenvalue weighted by atomic mass is 32.1. The molecule has 25 heavy (non-hydrogen) atoms. The van der Waals surface area contributed by atoms with E-state index in [0.717, 1.165) is 23.7 Å². The molecule has 0 spiro atoms. The Labute approximate surface area is 150 Å². The average molecular weight is 358 g/mol. The van der Waals surface area contributed by atoms with E-state index in [1.165, 1.54) is 17.7 Å². The predicted octanol–water partition coefficient (Wildman–Crippen LogP) is 4.41. The van der Waals surface area contributed by atoms with E-state index in [2.05, 4.69) is 31.8 Å². The highest BCUT2D eigenvalue weighted by Gasteiger charge is 2.20. The van der Waals surface area contributed by atoms with Crippen molar-refractivity contribution >= 4 is 11.3 Å². The fraction of sp³-hybridized carbons (Fsp3) is 0.500. The molecule has 1 saturated heterocycles. The van der Waals surface area contributed by atoms with Crippen LogP contribution in [0.1, 0.15) is 61.7 Å². The molecular formula is C18H22N4O2S. The van der Waals surface area contributed by atoms with E-state index in [4.69, 9.17) is 9.26 Å². The third kappa shape index (κ3) is 3.52. The smallest absolute Gasteiger partial charge is 0.229 e. The van der Waals surface area contributed by atoms with Gasteiger partial charge in [0, 0.05) is 29.8 Å². The first-order valence-corrected chi connectivity index (χ1v) is 9.57. The van der Waals surface area contributed by atoms with Gasteiger partial charge in [0.1, 0.15) is 5.82 Å². The number of thiophene rings is 1. The first-order valence-electron chi connectivity index (χ1n) is 8.76. The zero-order valence-corrected chi connectivity index (χ0v) is 15.3. The standard InChI is InChI=1S/C18H22N4O2S/c1-12(2)18-20-16(21-24-18)11-22-9-8-19-17(22)15-7-6-14(25-15)13-5-3-4-10-23-13/h6-9,12-13H,3-5,10-11H2,1-2H3/t13-/m0/s1. The molecule has 1 aliphatic rings. The molecule has 0 amide bonds. The van der Waals surface area contributed by atoms with Crippen molar-refractivity contribution in [2.75, 3.05) is 6.61 Å². The van der Waals surface area contributed by atoms with E-state index in [-0.39, 0.29) is 12.0 Å². The van der Waals surface area contributed by atoms with Gasteiger partial charge in [0.15, 0.2) is 5.82 Å². The Morgan fingerprint density at radius 2 is 2.24 bits per heavy atom. The van der Waals surface area contributed by atoms with Crippen LogP contribution in [0.2, 0.25) is 0 Å². The minimum Gasteiger partial charge on any atom is -0.373 e. The lowest BCUT2D eigenvalue weighted by molar-refractivity contribution is 0.0172. The van der Waals surface area contributed by atoms with E-state index >= 15 is 0 Å². The molecule has 1 aliphatic heterocycles. The lowest BCUT2D eigenvalue weighted by atomic mass is 10.1. The first kappa shape index (κ1) is 16.5. The predicted molar refractivity (Wildman–Crippen MR) is 95.6 cm³/mol. The van der Waals surface area contributed by atoms with E-state index < -0.39 is 0 Å². The van der Waals surface area contributed by atoms with Crippen LogP contribution in [0, 0.1) is 0 Å². The molecule has 0 aliphatic carbocycles. The minimum absolute atomic E-state index is 0.235. The van der Waals surface area contributed by atoms with Crippen LogP contribution in [0.3, 0.4) is 0 Å². The van der Waals surface area contributed by atoms with Gasteiger partial charge in [-0.25, -0.2) is 4.98 Å². The van der Waals surface area contributed by atoms with Gasteiger partial charge in [-0.05, 0) is 31.4 Å². The summed E-state index contributed by atoms with van der Waals surface area (Å²) in [6.07, 6.45) is 7.52. The van der Waals surface area contributed by atoms with Crippen molar-refractivity contribution in [1.82, 2.24) is 19.7 Å². The molecule has 1 fully saturated rings. The molecule has 1 atom stereocenters. The molecule has 7 heteroatoms. The van der Waals surface area contributed by atoms with Gasteiger partial charge < -0.3 is 13.8 Å². The van der Waals surface area contributed by atoms with Crippen LogP contribution in [0.15, 0.2) is 29.0 Å². The SMILES string of the molecule is CC(C)c1nc(Cn2ccnc2-c2ccc([C@@H]3CCCCO3)s2)no1. The first-order chi connectivity index (χ1) is 12.2. The molecule has 0 unspecified atom stereocenters. The van der Waals surface area contributed by atoms with Crippen LogP contribution in [-0.2, 0) is 11.3 Å². The minimum atomic E-state index is 0.235. The van der Waals surface area contributed by atoms with Crippen molar-refractivity contribution in [1.29, 1.82) is 0 Å². The van der Waals surface area contributed by atoms with Crippen molar-refractivity contribution < 1.29 is 9.26 Å². The highest BCUT2D eigenvalue weighted by molar-refractivity contribution is 7.15. The number of ether oxygens (including phenoxy) is 1. The topological polar surface area (TPSA) is 66.0 Å². The van der Waals surface area contributed by atoms with Crippen LogP contribution >= 0.6 is 11.3 Å². The van der Waals surface area contributed by atoms with Crippen LogP contribution < -0.4 is 0 Å². The number of hydrogen-bond acceptors (Lipinski definition) is 6.